The minimum atomic E-state index is -0.0783. The second-order valence-corrected chi connectivity index (χ2v) is 6.19. The Morgan fingerprint density at radius 1 is 1.35 bits per heavy atom. The zero-order chi connectivity index (χ0) is 15.9. The quantitative estimate of drug-likeness (QED) is 0.911. The van der Waals surface area contributed by atoms with Crippen LogP contribution in [-0.4, -0.2) is 22.6 Å². The third-order valence-electron chi connectivity index (χ3n) is 4.92. The summed E-state index contributed by atoms with van der Waals surface area (Å²) in [6, 6.07) is 11.2. The monoisotopic (exact) mass is 310 g/mol. The van der Waals surface area contributed by atoms with Crippen LogP contribution in [0.25, 0.3) is 0 Å². The summed E-state index contributed by atoms with van der Waals surface area (Å²) in [7, 11) is 0. The number of hydrogen-bond donors (Lipinski definition) is 2. The number of aromatic hydroxyl groups is 1. The second kappa shape index (κ2) is 5.26. The summed E-state index contributed by atoms with van der Waals surface area (Å²) in [6.45, 7) is 0.901. The average Bonchev–Trinajstić information content (AvgIpc) is 3.29. The number of hydrogen-bond acceptors (Lipinski definition) is 4. The van der Waals surface area contributed by atoms with Gasteiger partial charge in [0.15, 0.2) is 0 Å². The van der Waals surface area contributed by atoms with Gasteiger partial charge in [-0.1, -0.05) is 18.2 Å². The molecule has 1 amide bonds. The number of nitrogens with one attached hydrogen (secondary N) is 1. The van der Waals surface area contributed by atoms with Crippen molar-refractivity contribution in [3.05, 3.63) is 53.9 Å². The van der Waals surface area contributed by atoms with Crippen molar-refractivity contribution in [2.45, 2.75) is 24.8 Å². The van der Waals surface area contributed by atoms with Crippen LogP contribution in [0, 0.1) is 5.92 Å². The zero-order valence-corrected chi connectivity index (χ0v) is 12.7. The molecule has 4 rings (SSSR count). The lowest BCUT2D eigenvalue weighted by Gasteiger charge is -2.26. The van der Waals surface area contributed by atoms with E-state index in [-0.39, 0.29) is 29.5 Å². The first-order valence-corrected chi connectivity index (χ1v) is 7.83. The number of ether oxygens (including phenoxy) is 1. The van der Waals surface area contributed by atoms with Crippen LogP contribution in [0.3, 0.4) is 0 Å². The van der Waals surface area contributed by atoms with E-state index in [1.807, 2.05) is 18.2 Å². The average molecular weight is 310 g/mol. The highest BCUT2D eigenvalue weighted by Crippen LogP contribution is 2.60. The predicted octanol–water partition coefficient (Wildman–Crippen LogP) is 2.14. The molecule has 2 atom stereocenters. The largest absolute Gasteiger partial charge is 0.506 e. The molecule has 1 spiro atoms. The number of benzene rings is 1. The molecule has 0 unspecified atom stereocenters. The second-order valence-electron chi connectivity index (χ2n) is 6.19. The van der Waals surface area contributed by atoms with E-state index in [0.717, 1.165) is 24.2 Å². The van der Waals surface area contributed by atoms with Crippen molar-refractivity contribution in [1.82, 2.24) is 10.3 Å². The van der Waals surface area contributed by atoms with E-state index >= 15 is 0 Å². The smallest absolute Gasteiger partial charge is 0.224 e. The van der Waals surface area contributed by atoms with E-state index in [0.29, 0.717) is 12.3 Å². The number of amides is 1. The molecule has 5 nitrogen and oxygen atoms in total. The molecule has 1 aromatic carbocycles. The SMILES string of the molecule is O=C(NCc1ncccc1O)[C@H]1C[C@]12CCOc1ccccc12. The number of rotatable bonds is 3. The fourth-order valence-corrected chi connectivity index (χ4v) is 3.56. The summed E-state index contributed by atoms with van der Waals surface area (Å²) in [5.41, 5.74) is 1.56. The Bertz CT molecular complexity index is 761. The fraction of sp³-hybridized carbons (Fsp3) is 0.333. The van der Waals surface area contributed by atoms with Gasteiger partial charge in [0, 0.05) is 23.1 Å². The predicted molar refractivity (Wildman–Crippen MR) is 84.1 cm³/mol. The Balaban J connectivity index is 1.47. The number of carbonyl (C=O) groups excluding carboxylic acids is 1. The highest BCUT2D eigenvalue weighted by molar-refractivity contribution is 5.84. The van der Waals surface area contributed by atoms with E-state index in [4.69, 9.17) is 4.74 Å². The summed E-state index contributed by atoms with van der Waals surface area (Å²) >= 11 is 0. The Labute approximate surface area is 134 Å². The van der Waals surface area contributed by atoms with Crippen LogP contribution in [0.15, 0.2) is 42.6 Å². The summed E-state index contributed by atoms with van der Waals surface area (Å²) in [5.74, 6) is 0.997. The first-order valence-electron chi connectivity index (χ1n) is 7.83. The Kier molecular flexibility index (Phi) is 3.22. The molecule has 0 bridgehead atoms. The molecule has 1 aliphatic carbocycles. The maximum atomic E-state index is 12.5. The molecule has 0 saturated heterocycles. The third-order valence-corrected chi connectivity index (χ3v) is 4.92. The van der Waals surface area contributed by atoms with Crippen LogP contribution in [-0.2, 0) is 16.8 Å². The molecule has 23 heavy (non-hydrogen) atoms. The normalized spacial score (nSPS) is 24.6. The van der Waals surface area contributed by atoms with Crippen LogP contribution in [0.4, 0.5) is 0 Å². The third kappa shape index (κ3) is 2.32. The van der Waals surface area contributed by atoms with E-state index in [1.54, 1.807) is 18.3 Å². The molecule has 2 N–H and O–H groups in total. The van der Waals surface area contributed by atoms with E-state index in [2.05, 4.69) is 16.4 Å². The summed E-state index contributed by atoms with van der Waals surface area (Å²) in [4.78, 5) is 16.6. The van der Waals surface area contributed by atoms with Gasteiger partial charge in [-0.2, -0.15) is 0 Å². The molecular weight excluding hydrogens is 292 g/mol. The fourth-order valence-electron chi connectivity index (χ4n) is 3.56. The number of fused-ring (bicyclic) bond motifs is 2. The minimum Gasteiger partial charge on any atom is -0.506 e. The maximum Gasteiger partial charge on any atom is 0.224 e. The molecular formula is C18H18N2O3. The van der Waals surface area contributed by atoms with E-state index in [9.17, 15) is 9.90 Å². The highest BCUT2D eigenvalue weighted by atomic mass is 16.5. The van der Waals surface area contributed by atoms with Gasteiger partial charge >= 0.3 is 0 Å². The topological polar surface area (TPSA) is 71.5 Å². The van der Waals surface area contributed by atoms with Crippen molar-refractivity contribution in [3.63, 3.8) is 0 Å². The molecule has 1 saturated carbocycles. The van der Waals surface area contributed by atoms with Crippen molar-refractivity contribution < 1.29 is 14.6 Å². The Morgan fingerprint density at radius 2 is 2.22 bits per heavy atom. The molecule has 1 fully saturated rings. The van der Waals surface area contributed by atoms with Crippen molar-refractivity contribution in [1.29, 1.82) is 0 Å². The van der Waals surface area contributed by atoms with Crippen molar-refractivity contribution in [3.8, 4) is 11.5 Å². The number of para-hydroxylation sites is 1. The standard InChI is InChI=1S/C18H18N2O3/c21-15-5-3-8-19-14(15)11-20-17(22)13-10-18(13)7-9-23-16-6-2-1-4-12(16)18/h1-6,8,13,21H,7,9-11H2,(H,20,22)/t13-,18+/m1/s1. The lowest BCUT2D eigenvalue weighted by atomic mass is 9.87. The molecule has 2 aliphatic rings. The van der Waals surface area contributed by atoms with Crippen molar-refractivity contribution in [2.24, 2.45) is 5.92 Å². The number of aromatic nitrogens is 1. The maximum absolute atomic E-state index is 12.5. The van der Waals surface area contributed by atoms with Crippen LogP contribution >= 0.6 is 0 Å². The van der Waals surface area contributed by atoms with Gasteiger partial charge in [0.05, 0.1) is 13.2 Å². The molecule has 118 valence electrons. The van der Waals surface area contributed by atoms with Gasteiger partial charge in [-0.3, -0.25) is 9.78 Å². The van der Waals surface area contributed by atoms with Gasteiger partial charge in [-0.15, -0.1) is 0 Å². The lowest BCUT2D eigenvalue weighted by Crippen LogP contribution is -2.30. The number of pyridine rings is 1. The van der Waals surface area contributed by atoms with Crippen LogP contribution in [0.2, 0.25) is 0 Å². The van der Waals surface area contributed by atoms with Crippen molar-refractivity contribution in [2.75, 3.05) is 6.61 Å². The minimum absolute atomic E-state index is 0.0201. The number of carbonyl (C=O) groups is 1. The van der Waals surface area contributed by atoms with Crippen LogP contribution in [0.5, 0.6) is 11.5 Å². The van der Waals surface area contributed by atoms with Gasteiger partial charge in [0.2, 0.25) is 5.91 Å². The van der Waals surface area contributed by atoms with Crippen LogP contribution in [0.1, 0.15) is 24.1 Å². The van der Waals surface area contributed by atoms with Gasteiger partial charge < -0.3 is 15.2 Å². The first-order chi connectivity index (χ1) is 11.2. The Morgan fingerprint density at radius 3 is 3.09 bits per heavy atom. The molecule has 1 aromatic heterocycles. The molecule has 2 aromatic rings. The summed E-state index contributed by atoms with van der Waals surface area (Å²) in [5, 5.41) is 12.6. The van der Waals surface area contributed by atoms with Gasteiger partial charge in [-0.25, -0.2) is 0 Å². The summed E-state index contributed by atoms with van der Waals surface area (Å²) < 4.78 is 5.70. The number of nitrogens with zero attached hydrogens (tertiary/aromatic N) is 1. The lowest BCUT2D eigenvalue weighted by molar-refractivity contribution is -0.123. The van der Waals surface area contributed by atoms with Crippen molar-refractivity contribution >= 4 is 5.91 Å². The van der Waals surface area contributed by atoms with E-state index < -0.39 is 0 Å². The first kappa shape index (κ1) is 14.1. The molecule has 0 radical (unpaired) electrons. The van der Waals surface area contributed by atoms with Crippen LogP contribution < -0.4 is 10.1 Å². The molecule has 1 aliphatic heterocycles. The van der Waals surface area contributed by atoms with E-state index in [1.165, 1.54) is 0 Å². The Hall–Kier alpha value is -2.56. The highest BCUT2D eigenvalue weighted by Gasteiger charge is 2.60. The molecule has 2 heterocycles. The molecule has 5 heteroatoms. The summed E-state index contributed by atoms with van der Waals surface area (Å²) in [6.07, 6.45) is 3.33. The van der Waals surface area contributed by atoms with Gasteiger partial charge in [-0.05, 0) is 31.0 Å². The van der Waals surface area contributed by atoms with Gasteiger partial charge in [0.25, 0.3) is 0 Å². The van der Waals surface area contributed by atoms with Gasteiger partial charge in [0.1, 0.15) is 17.2 Å². The zero-order valence-electron chi connectivity index (χ0n) is 12.7.